The normalized spacial score (nSPS) is 14.2. The maximum atomic E-state index is 6.15. The highest BCUT2D eigenvalue weighted by molar-refractivity contribution is 6.30. The standard InChI is InChI=1S/C17H28ClNO/c1-4-6-8-14(5-2)13-20-17(12-19-3)15-9-7-10-16(18)11-15/h7,9-11,14,17,19H,4-6,8,12-13H2,1-3H3. The van der Waals surface area contributed by atoms with Gasteiger partial charge in [0.25, 0.3) is 0 Å². The number of unbranched alkanes of at least 4 members (excludes halogenated alkanes) is 1. The fraction of sp³-hybridized carbons (Fsp3) is 0.647. The van der Waals surface area contributed by atoms with Crippen molar-refractivity contribution in [3.05, 3.63) is 34.9 Å². The summed E-state index contributed by atoms with van der Waals surface area (Å²) in [5.41, 5.74) is 1.15. The first-order valence-corrected chi connectivity index (χ1v) is 8.10. The molecule has 0 aromatic heterocycles. The topological polar surface area (TPSA) is 21.3 Å². The number of halogens is 1. The molecule has 2 unspecified atom stereocenters. The predicted molar refractivity (Wildman–Crippen MR) is 87.4 cm³/mol. The minimum atomic E-state index is 0.0781. The Balaban J connectivity index is 2.58. The number of benzene rings is 1. The molecule has 0 bridgehead atoms. The highest BCUT2D eigenvalue weighted by Gasteiger charge is 2.14. The fourth-order valence-corrected chi connectivity index (χ4v) is 2.51. The molecule has 0 saturated heterocycles. The minimum absolute atomic E-state index is 0.0781. The molecule has 0 amide bonds. The van der Waals surface area contributed by atoms with Crippen molar-refractivity contribution in [2.45, 2.75) is 45.6 Å². The molecule has 1 N–H and O–H groups in total. The highest BCUT2D eigenvalue weighted by atomic mass is 35.5. The number of ether oxygens (including phenoxy) is 1. The lowest BCUT2D eigenvalue weighted by atomic mass is 10.0. The number of hydrogen-bond acceptors (Lipinski definition) is 2. The Hall–Kier alpha value is -0.570. The van der Waals surface area contributed by atoms with Crippen molar-refractivity contribution in [2.24, 2.45) is 5.92 Å². The first-order valence-electron chi connectivity index (χ1n) is 7.72. The largest absolute Gasteiger partial charge is 0.372 e. The van der Waals surface area contributed by atoms with Crippen LogP contribution in [0.1, 0.15) is 51.2 Å². The van der Waals surface area contributed by atoms with E-state index in [2.05, 4.69) is 25.2 Å². The van der Waals surface area contributed by atoms with Crippen LogP contribution in [0, 0.1) is 5.92 Å². The van der Waals surface area contributed by atoms with Crippen LogP contribution < -0.4 is 5.32 Å². The van der Waals surface area contributed by atoms with E-state index in [0.717, 1.165) is 23.7 Å². The molecule has 0 aliphatic rings. The van der Waals surface area contributed by atoms with Gasteiger partial charge >= 0.3 is 0 Å². The van der Waals surface area contributed by atoms with E-state index in [0.29, 0.717) is 5.92 Å². The Morgan fingerprint density at radius 1 is 1.30 bits per heavy atom. The quantitative estimate of drug-likeness (QED) is 0.667. The Morgan fingerprint density at radius 2 is 2.10 bits per heavy atom. The molecule has 20 heavy (non-hydrogen) atoms. The molecule has 2 nitrogen and oxygen atoms in total. The molecule has 0 radical (unpaired) electrons. The summed E-state index contributed by atoms with van der Waals surface area (Å²) >= 11 is 6.07. The summed E-state index contributed by atoms with van der Waals surface area (Å²) in [4.78, 5) is 0. The van der Waals surface area contributed by atoms with Crippen molar-refractivity contribution in [2.75, 3.05) is 20.2 Å². The van der Waals surface area contributed by atoms with Crippen LogP contribution in [0.15, 0.2) is 24.3 Å². The fourth-order valence-electron chi connectivity index (χ4n) is 2.32. The molecule has 3 heteroatoms. The van der Waals surface area contributed by atoms with Crippen LogP contribution in [0.4, 0.5) is 0 Å². The van der Waals surface area contributed by atoms with Crippen molar-refractivity contribution in [1.29, 1.82) is 0 Å². The second kappa shape index (κ2) is 10.2. The third kappa shape index (κ3) is 6.25. The van der Waals surface area contributed by atoms with E-state index in [4.69, 9.17) is 16.3 Å². The molecule has 2 atom stereocenters. The van der Waals surface area contributed by atoms with Crippen molar-refractivity contribution in [3.63, 3.8) is 0 Å². The Kier molecular flexibility index (Phi) is 8.92. The van der Waals surface area contributed by atoms with Gasteiger partial charge in [-0.25, -0.2) is 0 Å². The molecule has 0 aliphatic heterocycles. The molecule has 1 rings (SSSR count). The average Bonchev–Trinajstić information content (AvgIpc) is 2.46. The zero-order valence-corrected chi connectivity index (χ0v) is 13.7. The van der Waals surface area contributed by atoms with E-state index in [1.807, 2.05) is 25.2 Å². The first-order chi connectivity index (χ1) is 9.71. The summed E-state index contributed by atoms with van der Waals surface area (Å²) in [6, 6.07) is 7.97. The van der Waals surface area contributed by atoms with E-state index in [1.165, 1.54) is 25.7 Å². The zero-order chi connectivity index (χ0) is 14.8. The maximum Gasteiger partial charge on any atom is 0.0949 e. The maximum absolute atomic E-state index is 6.15. The summed E-state index contributed by atoms with van der Waals surface area (Å²) in [6.07, 6.45) is 5.06. The minimum Gasteiger partial charge on any atom is -0.372 e. The van der Waals surface area contributed by atoms with Crippen LogP contribution >= 0.6 is 11.6 Å². The van der Waals surface area contributed by atoms with Crippen LogP contribution in [0.25, 0.3) is 0 Å². The van der Waals surface area contributed by atoms with Crippen molar-refractivity contribution in [3.8, 4) is 0 Å². The summed E-state index contributed by atoms with van der Waals surface area (Å²) in [7, 11) is 1.95. The average molecular weight is 298 g/mol. The van der Waals surface area contributed by atoms with Gasteiger partial charge in [0.15, 0.2) is 0 Å². The lowest BCUT2D eigenvalue weighted by Crippen LogP contribution is -2.22. The SMILES string of the molecule is CCCCC(CC)COC(CNC)c1cccc(Cl)c1. The molecule has 0 spiro atoms. The van der Waals surface area contributed by atoms with Gasteiger partial charge in [-0.15, -0.1) is 0 Å². The Bertz CT molecular complexity index is 370. The predicted octanol–water partition coefficient (Wildman–Crippen LogP) is 4.83. The highest BCUT2D eigenvalue weighted by Crippen LogP contribution is 2.23. The summed E-state index contributed by atoms with van der Waals surface area (Å²) < 4.78 is 6.15. The summed E-state index contributed by atoms with van der Waals surface area (Å²) in [5.74, 6) is 0.661. The Labute approximate surface area is 128 Å². The van der Waals surface area contributed by atoms with Gasteiger partial charge in [-0.1, -0.05) is 56.8 Å². The number of nitrogens with one attached hydrogen (secondary N) is 1. The summed E-state index contributed by atoms with van der Waals surface area (Å²) in [5, 5.41) is 3.97. The van der Waals surface area contributed by atoms with Crippen molar-refractivity contribution >= 4 is 11.6 Å². The monoisotopic (exact) mass is 297 g/mol. The van der Waals surface area contributed by atoms with Crippen LogP contribution in [0.2, 0.25) is 5.02 Å². The zero-order valence-electron chi connectivity index (χ0n) is 13.0. The molecule has 0 heterocycles. The van der Waals surface area contributed by atoms with Crippen LogP contribution in [0.3, 0.4) is 0 Å². The van der Waals surface area contributed by atoms with E-state index in [1.54, 1.807) is 0 Å². The molecular weight excluding hydrogens is 270 g/mol. The number of likely N-dealkylation sites (N-methyl/N-ethyl adjacent to an activating group) is 1. The molecular formula is C17H28ClNO. The van der Waals surface area contributed by atoms with Crippen LogP contribution in [-0.4, -0.2) is 20.2 Å². The number of hydrogen-bond donors (Lipinski definition) is 1. The Morgan fingerprint density at radius 3 is 2.70 bits per heavy atom. The van der Waals surface area contributed by atoms with Crippen LogP contribution in [-0.2, 0) is 4.74 Å². The lowest BCUT2D eigenvalue weighted by Gasteiger charge is -2.22. The van der Waals surface area contributed by atoms with E-state index < -0.39 is 0 Å². The first kappa shape index (κ1) is 17.5. The van der Waals surface area contributed by atoms with Gasteiger partial charge in [-0.3, -0.25) is 0 Å². The third-order valence-electron chi connectivity index (χ3n) is 3.69. The van der Waals surface area contributed by atoms with Gasteiger partial charge in [-0.05, 0) is 37.1 Å². The third-order valence-corrected chi connectivity index (χ3v) is 3.92. The molecule has 1 aromatic rings. The van der Waals surface area contributed by atoms with E-state index in [9.17, 15) is 0 Å². The van der Waals surface area contributed by atoms with Crippen LogP contribution in [0.5, 0.6) is 0 Å². The van der Waals surface area contributed by atoms with Gasteiger partial charge in [0.1, 0.15) is 0 Å². The molecule has 114 valence electrons. The molecule has 0 aliphatic carbocycles. The molecule has 0 fully saturated rings. The molecule has 1 aromatic carbocycles. The number of rotatable bonds is 10. The van der Waals surface area contributed by atoms with Gasteiger partial charge in [0, 0.05) is 11.6 Å². The van der Waals surface area contributed by atoms with Gasteiger partial charge in [0.05, 0.1) is 12.7 Å². The van der Waals surface area contributed by atoms with Gasteiger partial charge < -0.3 is 10.1 Å². The van der Waals surface area contributed by atoms with Gasteiger partial charge in [0.2, 0.25) is 0 Å². The van der Waals surface area contributed by atoms with Crippen molar-refractivity contribution < 1.29 is 4.74 Å². The summed E-state index contributed by atoms with van der Waals surface area (Å²) in [6.45, 7) is 6.12. The second-order valence-electron chi connectivity index (χ2n) is 5.35. The lowest BCUT2D eigenvalue weighted by molar-refractivity contribution is 0.0260. The van der Waals surface area contributed by atoms with E-state index >= 15 is 0 Å². The smallest absolute Gasteiger partial charge is 0.0949 e. The second-order valence-corrected chi connectivity index (χ2v) is 5.79. The molecule has 0 saturated carbocycles. The van der Waals surface area contributed by atoms with Gasteiger partial charge in [-0.2, -0.15) is 0 Å². The van der Waals surface area contributed by atoms with Crippen molar-refractivity contribution in [1.82, 2.24) is 5.32 Å². The van der Waals surface area contributed by atoms with E-state index in [-0.39, 0.29) is 6.10 Å².